The average molecular weight is 429 g/mol. The molecule has 6 heteroatoms. The summed E-state index contributed by atoms with van der Waals surface area (Å²) in [5, 5.41) is 3.06. The van der Waals surface area contributed by atoms with Crippen LogP contribution in [0.15, 0.2) is 24.3 Å². The van der Waals surface area contributed by atoms with Crippen LogP contribution in [-0.2, 0) is 4.79 Å². The van der Waals surface area contributed by atoms with E-state index in [1.807, 2.05) is 17.0 Å². The van der Waals surface area contributed by atoms with Gasteiger partial charge in [-0.2, -0.15) is 0 Å². The fourth-order valence-electron chi connectivity index (χ4n) is 4.57. The van der Waals surface area contributed by atoms with Crippen molar-refractivity contribution in [2.45, 2.75) is 58.9 Å². The maximum atomic E-state index is 12.9. The largest absolute Gasteiger partial charge is 0.369 e. The summed E-state index contributed by atoms with van der Waals surface area (Å²) in [6.45, 7) is 13.0. The summed E-state index contributed by atoms with van der Waals surface area (Å²) in [6, 6.07) is 8.67. The zero-order valence-corrected chi connectivity index (χ0v) is 19.6. The van der Waals surface area contributed by atoms with Gasteiger partial charge in [-0.05, 0) is 57.4 Å². The standard InChI is InChI=1S/C25H40N4O2/c1-4-5-6-13-26-24(30)21-11-14-29(15-12-21)25(31)22-7-9-23(10-8-22)28-18-16-27(17-19-28)20(2)3/h7-10,20-21H,4-6,11-19H2,1-3H3,(H,26,30). The van der Waals surface area contributed by atoms with Crippen LogP contribution in [0.4, 0.5) is 5.69 Å². The molecule has 0 aliphatic carbocycles. The highest BCUT2D eigenvalue weighted by molar-refractivity contribution is 5.94. The summed E-state index contributed by atoms with van der Waals surface area (Å²) in [5.74, 6) is 0.278. The molecule has 0 saturated carbocycles. The van der Waals surface area contributed by atoms with Crippen molar-refractivity contribution >= 4 is 17.5 Å². The summed E-state index contributed by atoms with van der Waals surface area (Å²) in [7, 11) is 0. The topological polar surface area (TPSA) is 55.9 Å². The number of carbonyl (C=O) groups is 2. The number of rotatable bonds is 8. The minimum Gasteiger partial charge on any atom is -0.369 e. The van der Waals surface area contributed by atoms with E-state index in [9.17, 15) is 9.59 Å². The van der Waals surface area contributed by atoms with E-state index in [1.165, 1.54) is 5.69 Å². The molecule has 1 N–H and O–H groups in total. The Morgan fingerprint density at radius 3 is 2.19 bits per heavy atom. The van der Waals surface area contributed by atoms with Crippen molar-refractivity contribution in [1.29, 1.82) is 0 Å². The van der Waals surface area contributed by atoms with E-state index in [1.54, 1.807) is 0 Å². The van der Waals surface area contributed by atoms with Crippen molar-refractivity contribution in [3.8, 4) is 0 Å². The maximum Gasteiger partial charge on any atom is 0.253 e. The highest BCUT2D eigenvalue weighted by atomic mass is 16.2. The number of hydrogen-bond donors (Lipinski definition) is 1. The fourth-order valence-corrected chi connectivity index (χ4v) is 4.57. The van der Waals surface area contributed by atoms with Gasteiger partial charge >= 0.3 is 0 Å². The molecule has 1 aromatic rings. The SMILES string of the molecule is CCCCCNC(=O)C1CCN(C(=O)c2ccc(N3CCN(C(C)C)CC3)cc2)CC1. The minimum atomic E-state index is 0.0394. The Morgan fingerprint density at radius 2 is 1.61 bits per heavy atom. The van der Waals surface area contributed by atoms with E-state index in [2.05, 4.69) is 48.0 Å². The lowest BCUT2D eigenvalue weighted by atomic mass is 9.95. The predicted octanol–water partition coefficient (Wildman–Crippen LogP) is 3.38. The normalized spacial score (nSPS) is 18.5. The number of benzene rings is 1. The molecule has 2 heterocycles. The summed E-state index contributed by atoms with van der Waals surface area (Å²) < 4.78 is 0. The molecule has 0 bridgehead atoms. The van der Waals surface area contributed by atoms with Crippen LogP contribution in [0, 0.1) is 5.92 Å². The molecule has 2 fully saturated rings. The first kappa shape index (κ1) is 23.6. The third-order valence-electron chi connectivity index (χ3n) is 6.76. The number of anilines is 1. The van der Waals surface area contributed by atoms with Crippen molar-refractivity contribution in [2.75, 3.05) is 50.7 Å². The summed E-state index contributed by atoms with van der Waals surface area (Å²) in [6.07, 6.45) is 4.86. The molecule has 6 nitrogen and oxygen atoms in total. The number of carbonyl (C=O) groups excluding carboxylic acids is 2. The molecule has 31 heavy (non-hydrogen) atoms. The highest BCUT2D eigenvalue weighted by Gasteiger charge is 2.28. The Morgan fingerprint density at radius 1 is 0.968 bits per heavy atom. The van der Waals surface area contributed by atoms with Gasteiger partial charge in [0.25, 0.3) is 5.91 Å². The molecule has 2 amide bonds. The van der Waals surface area contributed by atoms with Crippen molar-refractivity contribution in [2.24, 2.45) is 5.92 Å². The van der Waals surface area contributed by atoms with Gasteiger partial charge in [-0.1, -0.05) is 19.8 Å². The van der Waals surface area contributed by atoms with E-state index in [-0.39, 0.29) is 17.7 Å². The van der Waals surface area contributed by atoms with Crippen LogP contribution in [0.5, 0.6) is 0 Å². The number of hydrogen-bond acceptors (Lipinski definition) is 4. The fraction of sp³-hybridized carbons (Fsp3) is 0.680. The highest BCUT2D eigenvalue weighted by Crippen LogP contribution is 2.22. The molecule has 0 aromatic heterocycles. The molecule has 0 radical (unpaired) electrons. The summed E-state index contributed by atoms with van der Waals surface area (Å²) in [4.78, 5) is 32.1. The van der Waals surface area contributed by atoms with E-state index in [0.29, 0.717) is 19.1 Å². The van der Waals surface area contributed by atoms with Crippen LogP contribution in [0.25, 0.3) is 0 Å². The van der Waals surface area contributed by atoms with Crippen molar-refractivity contribution in [1.82, 2.24) is 15.1 Å². The van der Waals surface area contributed by atoms with Gasteiger partial charge in [-0.3, -0.25) is 14.5 Å². The molecule has 1 aromatic carbocycles. The third kappa shape index (κ3) is 6.45. The number of piperidine rings is 1. The van der Waals surface area contributed by atoms with Gasteiger partial charge in [-0.25, -0.2) is 0 Å². The van der Waals surface area contributed by atoms with Crippen LogP contribution in [0.3, 0.4) is 0 Å². The Kier molecular flexibility index (Phi) is 8.76. The van der Waals surface area contributed by atoms with E-state index < -0.39 is 0 Å². The molecular weight excluding hydrogens is 388 g/mol. The lowest BCUT2D eigenvalue weighted by Crippen LogP contribution is -2.48. The van der Waals surface area contributed by atoms with Gasteiger partial charge in [0.05, 0.1) is 0 Å². The Bertz CT molecular complexity index is 703. The average Bonchev–Trinajstić information content (AvgIpc) is 2.81. The molecule has 2 aliphatic rings. The van der Waals surface area contributed by atoms with Crippen molar-refractivity contribution in [3.63, 3.8) is 0 Å². The van der Waals surface area contributed by atoms with Crippen molar-refractivity contribution < 1.29 is 9.59 Å². The van der Waals surface area contributed by atoms with Gasteiger partial charge in [0.1, 0.15) is 0 Å². The van der Waals surface area contributed by atoms with Crippen molar-refractivity contribution in [3.05, 3.63) is 29.8 Å². The monoisotopic (exact) mass is 428 g/mol. The minimum absolute atomic E-state index is 0.0394. The maximum absolute atomic E-state index is 12.9. The van der Waals surface area contributed by atoms with Gasteiger partial charge in [0, 0.05) is 69.0 Å². The smallest absolute Gasteiger partial charge is 0.253 e. The molecule has 2 saturated heterocycles. The van der Waals surface area contributed by atoms with E-state index in [4.69, 9.17) is 0 Å². The van der Waals surface area contributed by atoms with Crippen LogP contribution in [0.1, 0.15) is 63.2 Å². The number of unbranched alkanes of at least 4 members (excludes halogenated alkanes) is 2. The lowest BCUT2D eigenvalue weighted by Gasteiger charge is -2.38. The van der Waals surface area contributed by atoms with Crippen LogP contribution >= 0.6 is 0 Å². The third-order valence-corrected chi connectivity index (χ3v) is 6.76. The number of amides is 2. The first-order valence-corrected chi connectivity index (χ1v) is 12.2. The predicted molar refractivity (Wildman–Crippen MR) is 127 cm³/mol. The Balaban J connectivity index is 1.45. The molecule has 0 atom stereocenters. The molecule has 172 valence electrons. The second-order valence-electron chi connectivity index (χ2n) is 9.23. The zero-order valence-electron chi connectivity index (χ0n) is 19.6. The van der Waals surface area contributed by atoms with Crippen LogP contribution < -0.4 is 10.2 Å². The van der Waals surface area contributed by atoms with Gasteiger partial charge in [0.15, 0.2) is 0 Å². The second kappa shape index (κ2) is 11.5. The van der Waals surface area contributed by atoms with Gasteiger partial charge in [0.2, 0.25) is 5.91 Å². The first-order valence-electron chi connectivity index (χ1n) is 12.2. The number of piperazine rings is 1. The second-order valence-corrected chi connectivity index (χ2v) is 9.23. The molecule has 3 rings (SSSR count). The number of likely N-dealkylation sites (tertiary alicyclic amines) is 1. The van der Waals surface area contributed by atoms with E-state index in [0.717, 1.165) is 70.4 Å². The van der Waals surface area contributed by atoms with Gasteiger partial charge in [-0.15, -0.1) is 0 Å². The lowest BCUT2D eigenvalue weighted by molar-refractivity contribution is -0.126. The summed E-state index contributed by atoms with van der Waals surface area (Å²) in [5.41, 5.74) is 1.94. The molecule has 2 aliphatic heterocycles. The van der Waals surface area contributed by atoms with Gasteiger partial charge < -0.3 is 15.1 Å². The molecular formula is C25H40N4O2. The molecule has 0 unspecified atom stereocenters. The summed E-state index contributed by atoms with van der Waals surface area (Å²) >= 11 is 0. The Hall–Kier alpha value is -2.08. The number of nitrogens with zero attached hydrogens (tertiary/aromatic N) is 3. The van der Waals surface area contributed by atoms with Crippen LogP contribution in [0.2, 0.25) is 0 Å². The number of nitrogens with one attached hydrogen (secondary N) is 1. The van der Waals surface area contributed by atoms with E-state index >= 15 is 0 Å². The zero-order chi connectivity index (χ0) is 22.2. The van der Waals surface area contributed by atoms with Crippen LogP contribution in [-0.4, -0.2) is 73.5 Å². The first-order chi connectivity index (χ1) is 15.0. The quantitative estimate of drug-likeness (QED) is 0.645. The Labute approximate surface area is 188 Å². The molecule has 0 spiro atoms.